The van der Waals surface area contributed by atoms with E-state index in [0.29, 0.717) is 11.6 Å². The van der Waals surface area contributed by atoms with E-state index in [1.54, 1.807) is 0 Å². The lowest BCUT2D eigenvalue weighted by molar-refractivity contribution is 0.388. The molecule has 2 rings (SSSR count). The molecule has 0 aromatic heterocycles. The second-order valence-corrected chi connectivity index (χ2v) is 7.55. The zero-order valence-electron chi connectivity index (χ0n) is 10.6. The van der Waals surface area contributed by atoms with Crippen molar-refractivity contribution in [3.05, 3.63) is 27.2 Å². The van der Waals surface area contributed by atoms with E-state index in [2.05, 4.69) is 5.32 Å². The Morgan fingerprint density at radius 3 is 2.25 bits per heavy atom. The molecular formula is C11H14Cl4N2O2S. The highest BCUT2D eigenvalue weighted by Crippen LogP contribution is 2.35. The zero-order valence-corrected chi connectivity index (χ0v) is 14.5. The van der Waals surface area contributed by atoms with Gasteiger partial charge in [0.05, 0.1) is 10.0 Å². The van der Waals surface area contributed by atoms with Gasteiger partial charge in [-0.25, -0.2) is 8.42 Å². The number of nitrogens with zero attached hydrogens (tertiary/aromatic N) is 1. The van der Waals surface area contributed by atoms with Crippen molar-refractivity contribution in [2.75, 3.05) is 20.1 Å². The van der Waals surface area contributed by atoms with Crippen molar-refractivity contribution in [3.8, 4) is 0 Å². The number of likely N-dealkylation sites (N-methyl/N-ethyl adjacent to an activating group) is 1. The molecule has 0 bridgehead atoms. The topological polar surface area (TPSA) is 49.4 Å². The molecule has 1 saturated heterocycles. The first-order valence-corrected chi connectivity index (χ1v) is 8.24. The highest BCUT2D eigenvalue weighted by molar-refractivity contribution is 7.89. The predicted molar refractivity (Wildman–Crippen MR) is 84.9 cm³/mol. The molecule has 1 heterocycles. The second-order valence-electron chi connectivity index (χ2n) is 4.37. The van der Waals surface area contributed by atoms with Gasteiger partial charge in [0, 0.05) is 24.7 Å². The van der Waals surface area contributed by atoms with Gasteiger partial charge in [-0.05, 0) is 25.1 Å². The van der Waals surface area contributed by atoms with Gasteiger partial charge >= 0.3 is 0 Å². The lowest BCUT2D eigenvalue weighted by Gasteiger charge is -2.24. The lowest BCUT2D eigenvalue weighted by atomic mass is 10.3. The van der Waals surface area contributed by atoms with Crippen molar-refractivity contribution >= 4 is 57.2 Å². The van der Waals surface area contributed by atoms with E-state index in [1.807, 2.05) is 0 Å². The lowest BCUT2D eigenvalue weighted by Crippen LogP contribution is -2.38. The monoisotopic (exact) mass is 378 g/mol. The van der Waals surface area contributed by atoms with E-state index in [1.165, 1.54) is 23.5 Å². The minimum Gasteiger partial charge on any atom is -0.315 e. The summed E-state index contributed by atoms with van der Waals surface area (Å²) in [5, 5.41) is 3.50. The number of nitrogens with one attached hydrogen (secondary N) is 1. The first-order valence-electron chi connectivity index (χ1n) is 5.67. The quantitative estimate of drug-likeness (QED) is 0.877. The number of sulfonamides is 1. The summed E-state index contributed by atoms with van der Waals surface area (Å²) in [4.78, 5) is -0.0883. The summed E-state index contributed by atoms with van der Waals surface area (Å²) < 4.78 is 26.4. The largest absolute Gasteiger partial charge is 0.315 e. The average Bonchev–Trinajstić information content (AvgIpc) is 2.78. The number of hydrogen-bond acceptors (Lipinski definition) is 3. The van der Waals surface area contributed by atoms with Gasteiger partial charge < -0.3 is 5.32 Å². The van der Waals surface area contributed by atoms with Crippen molar-refractivity contribution < 1.29 is 8.42 Å². The number of benzene rings is 1. The molecule has 1 aromatic carbocycles. The van der Waals surface area contributed by atoms with E-state index in [-0.39, 0.29) is 33.4 Å². The van der Waals surface area contributed by atoms with Crippen LogP contribution in [0.25, 0.3) is 0 Å². The summed E-state index contributed by atoms with van der Waals surface area (Å²) in [7, 11) is -2.19. The molecule has 20 heavy (non-hydrogen) atoms. The molecule has 1 fully saturated rings. The molecule has 0 radical (unpaired) electrons. The minimum absolute atomic E-state index is 0. The van der Waals surface area contributed by atoms with Gasteiger partial charge in [0.25, 0.3) is 0 Å². The van der Waals surface area contributed by atoms with Gasteiger partial charge in [-0.2, -0.15) is 4.31 Å². The number of hydrogen-bond donors (Lipinski definition) is 1. The third-order valence-corrected chi connectivity index (χ3v) is 6.20. The molecule has 0 amide bonds. The first kappa shape index (κ1) is 18.3. The zero-order chi connectivity index (χ0) is 14.2. The van der Waals surface area contributed by atoms with E-state index in [4.69, 9.17) is 34.8 Å². The van der Waals surface area contributed by atoms with Crippen LogP contribution in [-0.4, -0.2) is 38.9 Å². The smallest absolute Gasteiger partial charge is 0.246 e. The van der Waals surface area contributed by atoms with Gasteiger partial charge in [0.1, 0.15) is 4.90 Å². The summed E-state index contributed by atoms with van der Waals surface area (Å²) in [5.41, 5.74) is 0. The SMILES string of the molecule is CN(C1CCNC1)S(=O)(=O)c1c(Cl)cc(Cl)cc1Cl.Cl. The fourth-order valence-electron chi connectivity index (χ4n) is 2.07. The summed E-state index contributed by atoms with van der Waals surface area (Å²) in [5.74, 6) is 0. The highest BCUT2D eigenvalue weighted by Gasteiger charge is 2.33. The molecule has 1 N–H and O–H groups in total. The van der Waals surface area contributed by atoms with Crippen LogP contribution in [0.3, 0.4) is 0 Å². The Hall–Kier alpha value is 0.250. The van der Waals surface area contributed by atoms with E-state index in [0.717, 1.165) is 13.0 Å². The van der Waals surface area contributed by atoms with Crippen LogP contribution in [0, 0.1) is 0 Å². The molecule has 1 atom stereocenters. The van der Waals surface area contributed by atoms with Crippen LogP contribution >= 0.6 is 47.2 Å². The van der Waals surface area contributed by atoms with Gasteiger partial charge in [0.15, 0.2) is 0 Å². The molecule has 114 valence electrons. The van der Waals surface area contributed by atoms with Crippen LogP contribution < -0.4 is 5.32 Å². The summed E-state index contributed by atoms with van der Waals surface area (Å²) >= 11 is 17.8. The van der Waals surface area contributed by atoms with Gasteiger partial charge in [0.2, 0.25) is 10.0 Å². The molecular weight excluding hydrogens is 366 g/mol. The maximum atomic E-state index is 12.6. The van der Waals surface area contributed by atoms with Gasteiger partial charge in [-0.15, -0.1) is 12.4 Å². The Labute approximate surface area is 139 Å². The summed E-state index contributed by atoms with van der Waals surface area (Å²) in [6.45, 7) is 1.42. The fourth-order valence-corrected chi connectivity index (χ4v) is 4.94. The number of halogens is 4. The third kappa shape index (κ3) is 3.53. The van der Waals surface area contributed by atoms with Crippen molar-refractivity contribution in [3.63, 3.8) is 0 Å². The Kier molecular flexibility index (Phi) is 6.41. The third-order valence-electron chi connectivity index (χ3n) is 3.15. The first-order chi connectivity index (χ1) is 8.84. The average molecular weight is 380 g/mol. The number of rotatable bonds is 3. The van der Waals surface area contributed by atoms with Crippen LogP contribution in [0.1, 0.15) is 6.42 Å². The van der Waals surface area contributed by atoms with Crippen molar-refractivity contribution in [1.29, 1.82) is 0 Å². The molecule has 0 saturated carbocycles. The maximum Gasteiger partial charge on any atom is 0.246 e. The van der Waals surface area contributed by atoms with E-state index < -0.39 is 10.0 Å². The molecule has 1 unspecified atom stereocenters. The Bertz CT molecular complexity index is 565. The normalized spacial score (nSPS) is 19.1. The molecule has 0 spiro atoms. The van der Waals surface area contributed by atoms with E-state index in [9.17, 15) is 8.42 Å². The maximum absolute atomic E-state index is 12.6. The molecule has 4 nitrogen and oxygen atoms in total. The highest BCUT2D eigenvalue weighted by atomic mass is 35.5. The predicted octanol–water partition coefficient (Wildman–Crippen LogP) is 3.05. The van der Waals surface area contributed by atoms with Crippen LogP contribution in [-0.2, 0) is 10.0 Å². The summed E-state index contributed by atoms with van der Waals surface area (Å²) in [6.07, 6.45) is 0.762. The van der Waals surface area contributed by atoms with Gasteiger partial charge in [-0.1, -0.05) is 34.8 Å². The van der Waals surface area contributed by atoms with Crippen LogP contribution in [0.5, 0.6) is 0 Å². The fraction of sp³-hybridized carbons (Fsp3) is 0.455. The Balaban J connectivity index is 0.00000200. The van der Waals surface area contributed by atoms with Crippen LogP contribution in [0.4, 0.5) is 0 Å². The van der Waals surface area contributed by atoms with Crippen molar-refractivity contribution in [2.24, 2.45) is 0 Å². The standard InChI is InChI=1S/C11H13Cl3N2O2S.ClH/c1-16(8-2-3-15-6-8)19(17,18)11-9(13)4-7(12)5-10(11)14;/h4-5,8,15H,2-3,6H2,1H3;1H. The Morgan fingerprint density at radius 2 is 1.80 bits per heavy atom. The molecule has 1 aliphatic rings. The van der Waals surface area contributed by atoms with Crippen LogP contribution in [0.2, 0.25) is 15.1 Å². The molecule has 0 aliphatic carbocycles. The minimum atomic E-state index is -3.73. The summed E-state index contributed by atoms with van der Waals surface area (Å²) in [6, 6.07) is 2.67. The molecule has 9 heteroatoms. The molecule has 1 aromatic rings. The van der Waals surface area contributed by atoms with Crippen molar-refractivity contribution in [2.45, 2.75) is 17.4 Å². The second kappa shape index (κ2) is 7.01. The van der Waals surface area contributed by atoms with Crippen LogP contribution in [0.15, 0.2) is 17.0 Å². The van der Waals surface area contributed by atoms with E-state index >= 15 is 0 Å². The van der Waals surface area contributed by atoms with Crippen molar-refractivity contribution in [1.82, 2.24) is 9.62 Å². The molecule has 1 aliphatic heterocycles. The Morgan fingerprint density at radius 1 is 1.25 bits per heavy atom. The van der Waals surface area contributed by atoms with Gasteiger partial charge in [-0.3, -0.25) is 0 Å².